The number of hydrogen-bond acceptors (Lipinski definition) is 5. The monoisotopic (exact) mass is 393 g/mol. The van der Waals surface area contributed by atoms with Gasteiger partial charge in [0.1, 0.15) is 12.1 Å². The van der Waals surface area contributed by atoms with Crippen molar-refractivity contribution in [1.82, 2.24) is 24.8 Å². The van der Waals surface area contributed by atoms with Gasteiger partial charge in [-0.3, -0.25) is 14.0 Å². The maximum atomic E-state index is 12.8. The van der Waals surface area contributed by atoms with E-state index in [-0.39, 0.29) is 17.9 Å². The van der Waals surface area contributed by atoms with Gasteiger partial charge in [-0.1, -0.05) is 12.1 Å². The van der Waals surface area contributed by atoms with Crippen LogP contribution in [0.3, 0.4) is 0 Å². The van der Waals surface area contributed by atoms with Crippen LogP contribution >= 0.6 is 0 Å². The van der Waals surface area contributed by atoms with E-state index < -0.39 is 0 Å². The summed E-state index contributed by atoms with van der Waals surface area (Å²) in [6.45, 7) is 1.13. The number of hydrogen-bond donors (Lipinski definition) is 1. The van der Waals surface area contributed by atoms with Crippen molar-refractivity contribution in [2.75, 3.05) is 13.7 Å². The third kappa shape index (κ3) is 4.21. The van der Waals surface area contributed by atoms with Crippen molar-refractivity contribution in [3.63, 3.8) is 0 Å². The van der Waals surface area contributed by atoms with Crippen molar-refractivity contribution in [2.24, 2.45) is 0 Å². The van der Waals surface area contributed by atoms with Crippen LogP contribution in [0, 0.1) is 0 Å². The molecule has 1 saturated heterocycles. The molecule has 1 atom stereocenters. The molecule has 1 fully saturated rings. The fourth-order valence-electron chi connectivity index (χ4n) is 3.63. The SMILES string of the molecule is COc1cccc(CN2CCC(NC(=O)c3cccn4cnnc34)CCC2=O)c1. The largest absolute Gasteiger partial charge is 0.497 e. The highest BCUT2D eigenvalue weighted by molar-refractivity contribution is 5.99. The molecule has 4 rings (SSSR count). The number of carbonyl (C=O) groups is 2. The summed E-state index contributed by atoms with van der Waals surface area (Å²) in [4.78, 5) is 27.2. The predicted molar refractivity (Wildman–Crippen MR) is 107 cm³/mol. The Hall–Kier alpha value is -3.42. The minimum Gasteiger partial charge on any atom is -0.497 e. The summed E-state index contributed by atoms with van der Waals surface area (Å²) < 4.78 is 6.97. The quantitative estimate of drug-likeness (QED) is 0.717. The number of likely N-dealkylation sites (tertiary alicyclic amines) is 1. The first-order chi connectivity index (χ1) is 14.1. The number of nitrogens with zero attached hydrogens (tertiary/aromatic N) is 4. The first-order valence-electron chi connectivity index (χ1n) is 9.64. The summed E-state index contributed by atoms with van der Waals surface area (Å²) in [5.74, 6) is 0.684. The minimum absolute atomic E-state index is 0.0649. The van der Waals surface area contributed by atoms with Crippen molar-refractivity contribution in [3.05, 3.63) is 60.0 Å². The number of benzene rings is 1. The maximum Gasteiger partial charge on any atom is 0.255 e. The van der Waals surface area contributed by atoms with Crippen molar-refractivity contribution in [2.45, 2.75) is 31.8 Å². The molecular formula is C21H23N5O3. The van der Waals surface area contributed by atoms with E-state index in [1.807, 2.05) is 29.2 Å². The molecule has 1 N–H and O–H groups in total. The number of amides is 2. The highest BCUT2D eigenvalue weighted by Crippen LogP contribution is 2.19. The van der Waals surface area contributed by atoms with Crippen molar-refractivity contribution in [3.8, 4) is 5.75 Å². The van der Waals surface area contributed by atoms with E-state index in [9.17, 15) is 9.59 Å². The highest BCUT2D eigenvalue weighted by atomic mass is 16.5. The predicted octanol–water partition coefficient (Wildman–Crippen LogP) is 2.05. The number of nitrogens with one attached hydrogen (secondary N) is 1. The Kier molecular flexibility index (Phi) is 5.41. The van der Waals surface area contributed by atoms with Crippen molar-refractivity contribution < 1.29 is 14.3 Å². The summed E-state index contributed by atoms with van der Waals surface area (Å²) in [7, 11) is 1.63. The molecule has 1 aliphatic rings. The third-order valence-electron chi connectivity index (χ3n) is 5.22. The number of aromatic nitrogens is 3. The standard InChI is InChI=1S/C21H23N5O3/c1-29-17-5-2-4-15(12-17)13-25-11-9-16(7-8-19(25)27)23-21(28)18-6-3-10-26-14-22-24-20(18)26/h2-6,10,12,14,16H,7-9,11,13H2,1H3,(H,23,28). The molecule has 2 amide bonds. The molecule has 3 heterocycles. The molecule has 8 nitrogen and oxygen atoms in total. The Bertz CT molecular complexity index is 1030. The zero-order chi connectivity index (χ0) is 20.2. The summed E-state index contributed by atoms with van der Waals surface area (Å²) in [5.41, 5.74) is 2.03. The van der Waals surface area contributed by atoms with E-state index in [1.165, 1.54) is 0 Å². The summed E-state index contributed by atoms with van der Waals surface area (Å²) in [6, 6.07) is 11.2. The molecule has 2 aromatic heterocycles. The number of pyridine rings is 1. The van der Waals surface area contributed by atoms with E-state index >= 15 is 0 Å². The van der Waals surface area contributed by atoms with Crippen LogP contribution in [0.1, 0.15) is 35.2 Å². The topological polar surface area (TPSA) is 88.8 Å². The normalized spacial score (nSPS) is 17.2. The molecule has 0 aliphatic carbocycles. The Morgan fingerprint density at radius 3 is 3.03 bits per heavy atom. The molecule has 0 spiro atoms. The molecule has 1 aromatic carbocycles. The lowest BCUT2D eigenvalue weighted by Crippen LogP contribution is -2.36. The zero-order valence-corrected chi connectivity index (χ0v) is 16.2. The summed E-state index contributed by atoms with van der Waals surface area (Å²) in [6.07, 6.45) is 5.09. The Balaban J connectivity index is 1.40. The van der Waals surface area contributed by atoms with Gasteiger partial charge in [0.2, 0.25) is 5.91 Å². The van der Waals surface area contributed by atoms with Gasteiger partial charge in [0, 0.05) is 31.7 Å². The number of rotatable bonds is 5. The van der Waals surface area contributed by atoms with E-state index in [0.29, 0.717) is 43.6 Å². The maximum absolute atomic E-state index is 12.8. The van der Waals surface area contributed by atoms with Gasteiger partial charge in [-0.25, -0.2) is 0 Å². The van der Waals surface area contributed by atoms with E-state index in [0.717, 1.165) is 11.3 Å². The van der Waals surface area contributed by atoms with Crippen LogP contribution in [0.5, 0.6) is 5.75 Å². The first kappa shape index (κ1) is 18.9. The summed E-state index contributed by atoms with van der Waals surface area (Å²) >= 11 is 0. The second-order valence-electron chi connectivity index (χ2n) is 7.15. The van der Waals surface area contributed by atoms with Crippen molar-refractivity contribution in [1.29, 1.82) is 0 Å². The van der Waals surface area contributed by atoms with E-state index in [1.54, 1.807) is 36.2 Å². The number of ether oxygens (including phenoxy) is 1. The molecule has 3 aromatic rings. The van der Waals surface area contributed by atoms with Gasteiger partial charge in [-0.15, -0.1) is 10.2 Å². The van der Waals surface area contributed by atoms with Crippen LogP contribution in [-0.2, 0) is 11.3 Å². The fraction of sp³-hybridized carbons (Fsp3) is 0.333. The molecule has 1 aliphatic heterocycles. The Morgan fingerprint density at radius 2 is 2.17 bits per heavy atom. The highest BCUT2D eigenvalue weighted by Gasteiger charge is 2.24. The fourth-order valence-corrected chi connectivity index (χ4v) is 3.63. The van der Waals surface area contributed by atoms with Gasteiger partial charge in [0.15, 0.2) is 5.65 Å². The van der Waals surface area contributed by atoms with Gasteiger partial charge >= 0.3 is 0 Å². The van der Waals surface area contributed by atoms with Crippen LogP contribution in [0.4, 0.5) is 0 Å². The minimum atomic E-state index is -0.192. The average Bonchev–Trinajstić information content (AvgIpc) is 3.16. The average molecular weight is 393 g/mol. The lowest BCUT2D eigenvalue weighted by Gasteiger charge is -2.21. The summed E-state index contributed by atoms with van der Waals surface area (Å²) in [5, 5.41) is 10.9. The van der Waals surface area contributed by atoms with E-state index in [2.05, 4.69) is 15.5 Å². The molecule has 29 heavy (non-hydrogen) atoms. The first-order valence-corrected chi connectivity index (χ1v) is 9.64. The van der Waals surface area contributed by atoms with Gasteiger partial charge in [-0.05, 0) is 42.7 Å². The number of fused-ring (bicyclic) bond motifs is 1. The molecule has 0 bridgehead atoms. The molecule has 0 saturated carbocycles. The van der Waals surface area contributed by atoms with Gasteiger partial charge in [-0.2, -0.15) is 0 Å². The Morgan fingerprint density at radius 1 is 1.28 bits per heavy atom. The van der Waals surface area contributed by atoms with Gasteiger partial charge in [0.05, 0.1) is 12.7 Å². The number of carbonyl (C=O) groups excluding carboxylic acids is 2. The van der Waals surface area contributed by atoms with Crippen LogP contribution < -0.4 is 10.1 Å². The lowest BCUT2D eigenvalue weighted by molar-refractivity contribution is -0.131. The molecular weight excluding hydrogens is 370 g/mol. The lowest BCUT2D eigenvalue weighted by atomic mass is 10.1. The van der Waals surface area contributed by atoms with Crippen LogP contribution in [0.2, 0.25) is 0 Å². The van der Waals surface area contributed by atoms with Gasteiger partial charge < -0.3 is 15.0 Å². The number of methoxy groups -OCH3 is 1. The van der Waals surface area contributed by atoms with Crippen molar-refractivity contribution >= 4 is 17.5 Å². The zero-order valence-electron chi connectivity index (χ0n) is 16.2. The molecule has 1 unspecified atom stereocenters. The molecule has 150 valence electrons. The van der Waals surface area contributed by atoms with E-state index in [4.69, 9.17) is 4.74 Å². The smallest absolute Gasteiger partial charge is 0.255 e. The molecule has 0 radical (unpaired) electrons. The second-order valence-corrected chi connectivity index (χ2v) is 7.15. The Labute approximate surface area is 168 Å². The van der Waals surface area contributed by atoms with Crippen LogP contribution in [-0.4, -0.2) is 51.0 Å². The van der Waals surface area contributed by atoms with Crippen LogP contribution in [0.15, 0.2) is 48.9 Å². The van der Waals surface area contributed by atoms with Gasteiger partial charge in [0.25, 0.3) is 5.91 Å². The van der Waals surface area contributed by atoms with Crippen LogP contribution in [0.25, 0.3) is 5.65 Å². The third-order valence-corrected chi connectivity index (χ3v) is 5.22. The second kappa shape index (κ2) is 8.30. The molecule has 8 heteroatoms.